The SMILES string of the molecule is CCN(CC)c1ccc(NC(=O)C(C)(C)C(=O)N(C)Cc2ccccc2)cc1. The molecule has 0 aliphatic carbocycles. The summed E-state index contributed by atoms with van der Waals surface area (Å²) < 4.78 is 0. The van der Waals surface area contributed by atoms with Crippen LogP contribution in [-0.2, 0) is 16.1 Å². The molecule has 2 aromatic rings. The summed E-state index contributed by atoms with van der Waals surface area (Å²) in [6, 6.07) is 17.5. The average molecular weight is 382 g/mol. The summed E-state index contributed by atoms with van der Waals surface area (Å²) >= 11 is 0. The highest BCUT2D eigenvalue weighted by atomic mass is 16.2. The van der Waals surface area contributed by atoms with Gasteiger partial charge in [-0.2, -0.15) is 0 Å². The lowest BCUT2D eigenvalue weighted by Crippen LogP contribution is -2.45. The Bertz CT molecular complexity index is 781. The summed E-state index contributed by atoms with van der Waals surface area (Å²) in [4.78, 5) is 29.5. The lowest BCUT2D eigenvalue weighted by atomic mass is 9.90. The Balaban J connectivity index is 2.04. The van der Waals surface area contributed by atoms with Crippen molar-refractivity contribution in [1.82, 2.24) is 4.90 Å². The summed E-state index contributed by atoms with van der Waals surface area (Å²) in [6.45, 7) is 9.87. The van der Waals surface area contributed by atoms with Crippen LogP contribution in [-0.4, -0.2) is 36.9 Å². The zero-order chi connectivity index (χ0) is 20.7. The Kier molecular flexibility index (Phi) is 7.21. The van der Waals surface area contributed by atoms with E-state index < -0.39 is 5.41 Å². The molecule has 0 saturated carbocycles. The van der Waals surface area contributed by atoms with Gasteiger partial charge in [0.1, 0.15) is 5.41 Å². The van der Waals surface area contributed by atoms with E-state index in [2.05, 4.69) is 24.1 Å². The molecule has 28 heavy (non-hydrogen) atoms. The van der Waals surface area contributed by atoms with Crippen molar-refractivity contribution in [2.24, 2.45) is 5.41 Å². The predicted molar refractivity (Wildman–Crippen MR) is 115 cm³/mol. The van der Waals surface area contributed by atoms with Crippen molar-refractivity contribution in [1.29, 1.82) is 0 Å². The van der Waals surface area contributed by atoms with Gasteiger partial charge in [0, 0.05) is 38.1 Å². The highest BCUT2D eigenvalue weighted by Crippen LogP contribution is 2.24. The number of nitrogens with one attached hydrogen (secondary N) is 1. The van der Waals surface area contributed by atoms with E-state index >= 15 is 0 Å². The van der Waals surface area contributed by atoms with E-state index in [1.165, 1.54) is 0 Å². The zero-order valence-corrected chi connectivity index (χ0v) is 17.5. The van der Waals surface area contributed by atoms with Gasteiger partial charge < -0.3 is 15.1 Å². The molecule has 2 aromatic carbocycles. The molecule has 0 heterocycles. The fourth-order valence-electron chi connectivity index (χ4n) is 3.14. The van der Waals surface area contributed by atoms with Gasteiger partial charge in [0.05, 0.1) is 0 Å². The van der Waals surface area contributed by atoms with Crippen molar-refractivity contribution in [3.05, 3.63) is 60.2 Å². The summed E-state index contributed by atoms with van der Waals surface area (Å²) in [5.41, 5.74) is 1.66. The van der Waals surface area contributed by atoms with Crippen molar-refractivity contribution in [2.75, 3.05) is 30.4 Å². The van der Waals surface area contributed by atoms with Gasteiger partial charge >= 0.3 is 0 Å². The second kappa shape index (κ2) is 9.40. The summed E-state index contributed by atoms with van der Waals surface area (Å²) in [5.74, 6) is -0.526. The molecule has 0 aliphatic heterocycles. The molecule has 0 radical (unpaired) electrons. The van der Waals surface area contributed by atoms with Gasteiger partial charge in [-0.1, -0.05) is 30.3 Å². The summed E-state index contributed by atoms with van der Waals surface area (Å²) in [7, 11) is 1.73. The van der Waals surface area contributed by atoms with Crippen LogP contribution in [0.25, 0.3) is 0 Å². The van der Waals surface area contributed by atoms with Gasteiger partial charge in [0.25, 0.3) is 0 Å². The van der Waals surface area contributed by atoms with Gasteiger partial charge in [-0.25, -0.2) is 0 Å². The Hall–Kier alpha value is -2.82. The van der Waals surface area contributed by atoms with Crippen LogP contribution in [0.4, 0.5) is 11.4 Å². The van der Waals surface area contributed by atoms with Crippen LogP contribution in [0.3, 0.4) is 0 Å². The maximum absolute atomic E-state index is 12.9. The van der Waals surface area contributed by atoms with Gasteiger partial charge in [-0.15, -0.1) is 0 Å². The van der Waals surface area contributed by atoms with Crippen LogP contribution in [0.15, 0.2) is 54.6 Å². The second-order valence-electron chi connectivity index (χ2n) is 7.45. The molecule has 150 valence electrons. The third-order valence-electron chi connectivity index (χ3n) is 4.97. The van der Waals surface area contributed by atoms with Gasteiger partial charge in [-0.05, 0) is 57.5 Å². The Morgan fingerprint density at radius 3 is 2.04 bits per heavy atom. The highest BCUT2D eigenvalue weighted by Gasteiger charge is 2.38. The number of benzene rings is 2. The molecule has 1 N–H and O–H groups in total. The number of carbonyl (C=O) groups excluding carboxylic acids is 2. The van der Waals surface area contributed by atoms with Crippen LogP contribution < -0.4 is 10.2 Å². The fraction of sp³-hybridized carbons (Fsp3) is 0.391. The number of hydrogen-bond donors (Lipinski definition) is 1. The Morgan fingerprint density at radius 2 is 1.50 bits per heavy atom. The minimum Gasteiger partial charge on any atom is -0.372 e. The fourth-order valence-corrected chi connectivity index (χ4v) is 3.14. The number of anilines is 2. The number of rotatable bonds is 8. The quantitative estimate of drug-likeness (QED) is 0.699. The average Bonchev–Trinajstić information content (AvgIpc) is 2.70. The van der Waals surface area contributed by atoms with Crippen LogP contribution in [0, 0.1) is 5.41 Å². The molecular formula is C23H31N3O2. The molecule has 0 fully saturated rings. The van der Waals surface area contributed by atoms with E-state index in [1.54, 1.807) is 25.8 Å². The molecule has 0 aliphatic rings. The summed E-state index contributed by atoms with van der Waals surface area (Å²) in [6.07, 6.45) is 0. The lowest BCUT2D eigenvalue weighted by molar-refractivity contribution is -0.145. The van der Waals surface area contributed by atoms with Gasteiger partial charge in [0.2, 0.25) is 11.8 Å². The molecule has 0 bridgehead atoms. The first-order chi connectivity index (χ1) is 13.3. The molecule has 0 atom stereocenters. The smallest absolute Gasteiger partial charge is 0.239 e. The van der Waals surface area contributed by atoms with Crippen molar-refractivity contribution in [2.45, 2.75) is 34.2 Å². The lowest BCUT2D eigenvalue weighted by Gasteiger charge is -2.28. The maximum atomic E-state index is 12.9. The number of hydrogen-bond acceptors (Lipinski definition) is 3. The molecular weight excluding hydrogens is 350 g/mol. The summed E-state index contributed by atoms with van der Waals surface area (Å²) in [5, 5.41) is 2.88. The van der Waals surface area contributed by atoms with Crippen molar-refractivity contribution in [3.8, 4) is 0 Å². The molecule has 2 rings (SSSR count). The number of carbonyl (C=O) groups is 2. The zero-order valence-electron chi connectivity index (χ0n) is 17.5. The number of amides is 2. The Labute approximate surface area is 168 Å². The first-order valence-electron chi connectivity index (χ1n) is 9.75. The first-order valence-corrected chi connectivity index (χ1v) is 9.75. The number of nitrogens with zero attached hydrogens (tertiary/aromatic N) is 2. The van der Waals surface area contributed by atoms with Crippen LogP contribution in [0.1, 0.15) is 33.3 Å². The minimum atomic E-state index is -1.17. The predicted octanol–water partition coefficient (Wildman–Crippen LogP) is 4.16. The van der Waals surface area contributed by atoms with E-state index in [0.29, 0.717) is 12.2 Å². The monoisotopic (exact) mass is 381 g/mol. The highest BCUT2D eigenvalue weighted by molar-refractivity contribution is 6.09. The molecule has 0 spiro atoms. The van der Waals surface area contributed by atoms with E-state index in [0.717, 1.165) is 24.3 Å². The van der Waals surface area contributed by atoms with Gasteiger partial charge in [-0.3, -0.25) is 9.59 Å². The van der Waals surface area contributed by atoms with Crippen LogP contribution >= 0.6 is 0 Å². The van der Waals surface area contributed by atoms with Crippen molar-refractivity contribution >= 4 is 23.2 Å². The normalized spacial score (nSPS) is 11.0. The van der Waals surface area contributed by atoms with E-state index in [1.807, 2.05) is 54.6 Å². The molecule has 0 saturated heterocycles. The third kappa shape index (κ3) is 5.12. The van der Waals surface area contributed by atoms with Crippen LogP contribution in [0.2, 0.25) is 0 Å². The maximum Gasteiger partial charge on any atom is 0.239 e. The standard InChI is InChI=1S/C23H31N3O2/c1-6-26(7-2)20-15-13-19(14-16-20)24-21(27)23(3,4)22(28)25(5)17-18-11-9-8-10-12-18/h8-16H,6-7,17H2,1-5H3,(H,24,27). The molecule has 5 heteroatoms. The molecule has 0 unspecified atom stereocenters. The first kappa shape index (κ1) is 21.5. The van der Waals surface area contributed by atoms with E-state index in [4.69, 9.17) is 0 Å². The third-order valence-corrected chi connectivity index (χ3v) is 4.97. The second-order valence-corrected chi connectivity index (χ2v) is 7.45. The Morgan fingerprint density at radius 1 is 0.929 bits per heavy atom. The van der Waals surface area contributed by atoms with E-state index in [-0.39, 0.29) is 11.8 Å². The van der Waals surface area contributed by atoms with E-state index in [9.17, 15) is 9.59 Å². The largest absolute Gasteiger partial charge is 0.372 e. The molecule has 2 amide bonds. The van der Waals surface area contributed by atoms with Crippen molar-refractivity contribution in [3.63, 3.8) is 0 Å². The topological polar surface area (TPSA) is 52.7 Å². The van der Waals surface area contributed by atoms with Crippen LogP contribution in [0.5, 0.6) is 0 Å². The molecule has 5 nitrogen and oxygen atoms in total. The van der Waals surface area contributed by atoms with Crippen molar-refractivity contribution < 1.29 is 9.59 Å². The minimum absolute atomic E-state index is 0.214. The van der Waals surface area contributed by atoms with Gasteiger partial charge in [0.15, 0.2) is 0 Å². The molecule has 0 aromatic heterocycles.